The topological polar surface area (TPSA) is 104 Å². The minimum absolute atomic E-state index is 0.450. The van der Waals surface area contributed by atoms with Crippen LogP contribution in [0, 0.1) is 0 Å². The van der Waals surface area contributed by atoms with Gasteiger partial charge in [-0.25, -0.2) is 4.79 Å². The van der Waals surface area contributed by atoms with Crippen molar-refractivity contribution in [2.24, 2.45) is 5.73 Å². The van der Waals surface area contributed by atoms with Crippen LogP contribution < -0.4 is 5.73 Å². The number of aryl methyl sites for hydroxylation is 1. The molecule has 160 valence electrons. The molecule has 0 radical (unpaired) electrons. The van der Waals surface area contributed by atoms with Crippen LogP contribution in [0.15, 0.2) is 60.7 Å². The number of carboxylic acids is 1. The van der Waals surface area contributed by atoms with Crippen LogP contribution in [0.5, 0.6) is 0 Å². The second-order valence-corrected chi connectivity index (χ2v) is 6.59. The number of carboxylic acid groups (broad SMARTS) is 1. The number of rotatable bonds is 8. The molecule has 0 aliphatic carbocycles. The number of alkyl halides is 3. The maximum atomic E-state index is 10.6. The molecule has 0 spiro atoms. The lowest BCUT2D eigenvalue weighted by atomic mass is 9.95. The summed E-state index contributed by atoms with van der Waals surface area (Å²) in [6.07, 6.45) is -3.90. The number of aliphatic hydroxyl groups is 2. The van der Waals surface area contributed by atoms with Gasteiger partial charge in [-0.15, -0.1) is 0 Å². The van der Waals surface area contributed by atoms with Gasteiger partial charge in [-0.3, -0.25) is 0 Å². The number of benzene rings is 2. The standard InChI is InChI=1S/C19H25NO2.C2HF3O2/c20-17(14-16-10-5-2-6-11-16)19(22)18(21)13-7-12-15-8-3-1-4-9-15;3-2(4,5)1(6)7/h1-6,8-11,17-19,21-22H,7,12-14,20H2;(H,6,7)/t17-,18+,19+;/m0./s1. The summed E-state index contributed by atoms with van der Waals surface area (Å²) in [5, 5.41) is 27.4. The largest absolute Gasteiger partial charge is 0.490 e. The third-order valence-corrected chi connectivity index (χ3v) is 4.20. The summed E-state index contributed by atoms with van der Waals surface area (Å²) in [6.45, 7) is 0. The van der Waals surface area contributed by atoms with Gasteiger partial charge in [0.2, 0.25) is 0 Å². The van der Waals surface area contributed by atoms with Crippen LogP contribution in [0.4, 0.5) is 13.2 Å². The van der Waals surface area contributed by atoms with Gasteiger partial charge in [0, 0.05) is 6.04 Å². The van der Waals surface area contributed by atoms with Crippen molar-refractivity contribution in [3.05, 3.63) is 71.8 Å². The Hall–Kier alpha value is -2.42. The summed E-state index contributed by atoms with van der Waals surface area (Å²) in [4.78, 5) is 8.90. The lowest BCUT2D eigenvalue weighted by Crippen LogP contribution is -2.44. The molecule has 2 aromatic carbocycles. The predicted octanol–water partition coefficient (Wildman–Crippen LogP) is 2.93. The van der Waals surface area contributed by atoms with E-state index in [9.17, 15) is 23.4 Å². The Labute approximate surface area is 167 Å². The highest BCUT2D eigenvalue weighted by Crippen LogP contribution is 2.13. The molecular weight excluding hydrogens is 387 g/mol. The molecule has 29 heavy (non-hydrogen) atoms. The van der Waals surface area contributed by atoms with Crippen molar-refractivity contribution in [2.45, 2.75) is 50.1 Å². The van der Waals surface area contributed by atoms with Crippen molar-refractivity contribution < 1.29 is 33.3 Å². The van der Waals surface area contributed by atoms with Crippen LogP contribution in [0.1, 0.15) is 24.0 Å². The Balaban J connectivity index is 0.000000516. The van der Waals surface area contributed by atoms with Crippen LogP contribution in [0.3, 0.4) is 0 Å². The lowest BCUT2D eigenvalue weighted by Gasteiger charge is -2.24. The third-order valence-electron chi connectivity index (χ3n) is 4.20. The summed E-state index contributed by atoms with van der Waals surface area (Å²) in [5.41, 5.74) is 8.35. The van der Waals surface area contributed by atoms with E-state index < -0.39 is 30.4 Å². The highest BCUT2D eigenvalue weighted by atomic mass is 19.4. The number of aliphatic carboxylic acids is 1. The number of halogens is 3. The van der Waals surface area contributed by atoms with E-state index in [4.69, 9.17) is 15.6 Å². The molecule has 0 fully saturated rings. The quantitative estimate of drug-likeness (QED) is 0.533. The SMILES string of the molecule is N[C@@H](Cc1ccccc1)[C@@H](O)[C@H](O)CCCc1ccccc1.O=C(O)C(F)(F)F. The zero-order chi connectivity index (χ0) is 21.9. The number of hydrogen-bond donors (Lipinski definition) is 4. The second kappa shape index (κ2) is 12.2. The van der Waals surface area contributed by atoms with Crippen molar-refractivity contribution in [3.63, 3.8) is 0 Å². The van der Waals surface area contributed by atoms with Crippen LogP contribution in [0.2, 0.25) is 0 Å². The molecule has 5 N–H and O–H groups in total. The third kappa shape index (κ3) is 10.1. The fourth-order valence-corrected chi connectivity index (χ4v) is 2.62. The molecular formula is C21H26F3NO4. The van der Waals surface area contributed by atoms with E-state index >= 15 is 0 Å². The van der Waals surface area contributed by atoms with E-state index in [2.05, 4.69) is 12.1 Å². The highest BCUT2D eigenvalue weighted by molar-refractivity contribution is 5.73. The monoisotopic (exact) mass is 413 g/mol. The van der Waals surface area contributed by atoms with Gasteiger partial charge < -0.3 is 21.1 Å². The first-order chi connectivity index (χ1) is 13.6. The van der Waals surface area contributed by atoms with Crippen molar-refractivity contribution in [1.82, 2.24) is 0 Å². The molecule has 2 aromatic rings. The summed E-state index contributed by atoms with van der Waals surface area (Å²) < 4.78 is 31.7. The Bertz CT molecular complexity index is 711. The average molecular weight is 413 g/mol. The summed E-state index contributed by atoms with van der Waals surface area (Å²) in [5.74, 6) is -2.76. The van der Waals surface area contributed by atoms with Gasteiger partial charge in [0.05, 0.1) is 12.2 Å². The maximum absolute atomic E-state index is 10.6. The van der Waals surface area contributed by atoms with Crippen LogP contribution >= 0.6 is 0 Å². The normalized spacial score (nSPS) is 14.3. The molecule has 0 bridgehead atoms. The number of aliphatic hydroxyl groups excluding tert-OH is 2. The molecule has 2 rings (SSSR count). The Morgan fingerprint density at radius 1 is 0.931 bits per heavy atom. The zero-order valence-electron chi connectivity index (χ0n) is 15.8. The highest BCUT2D eigenvalue weighted by Gasteiger charge is 2.38. The van der Waals surface area contributed by atoms with Gasteiger partial charge in [-0.05, 0) is 36.8 Å². The van der Waals surface area contributed by atoms with Crippen molar-refractivity contribution in [1.29, 1.82) is 0 Å². The number of carbonyl (C=O) groups is 1. The molecule has 0 aromatic heterocycles. The van der Waals surface area contributed by atoms with Crippen molar-refractivity contribution >= 4 is 5.97 Å². The molecule has 8 heteroatoms. The van der Waals surface area contributed by atoms with Gasteiger partial charge >= 0.3 is 12.1 Å². The van der Waals surface area contributed by atoms with Gasteiger partial charge in [0.15, 0.2) is 0 Å². The summed E-state index contributed by atoms with van der Waals surface area (Å²) in [7, 11) is 0. The fraction of sp³-hybridized carbons (Fsp3) is 0.381. The lowest BCUT2D eigenvalue weighted by molar-refractivity contribution is -0.192. The first-order valence-corrected chi connectivity index (χ1v) is 9.11. The maximum Gasteiger partial charge on any atom is 0.490 e. The average Bonchev–Trinajstić information content (AvgIpc) is 2.68. The Morgan fingerprint density at radius 3 is 1.83 bits per heavy atom. The van der Waals surface area contributed by atoms with Crippen LogP contribution in [-0.4, -0.2) is 45.7 Å². The van der Waals surface area contributed by atoms with Crippen LogP contribution in [-0.2, 0) is 17.6 Å². The van der Waals surface area contributed by atoms with Gasteiger partial charge in [-0.2, -0.15) is 13.2 Å². The van der Waals surface area contributed by atoms with E-state index in [1.54, 1.807) is 0 Å². The van der Waals surface area contributed by atoms with E-state index in [1.807, 2.05) is 48.5 Å². The molecule has 0 heterocycles. The smallest absolute Gasteiger partial charge is 0.475 e. The van der Waals surface area contributed by atoms with E-state index in [0.717, 1.165) is 18.4 Å². The van der Waals surface area contributed by atoms with Gasteiger partial charge in [0.25, 0.3) is 0 Å². The molecule has 5 nitrogen and oxygen atoms in total. The van der Waals surface area contributed by atoms with Crippen LogP contribution in [0.25, 0.3) is 0 Å². The number of nitrogens with two attached hydrogens (primary N) is 1. The predicted molar refractivity (Wildman–Crippen MR) is 103 cm³/mol. The number of hydrogen-bond acceptors (Lipinski definition) is 4. The zero-order valence-corrected chi connectivity index (χ0v) is 15.8. The summed E-state index contributed by atoms with van der Waals surface area (Å²) in [6, 6.07) is 19.5. The van der Waals surface area contributed by atoms with E-state index in [0.29, 0.717) is 12.8 Å². The molecule has 0 saturated heterocycles. The van der Waals surface area contributed by atoms with E-state index in [1.165, 1.54) is 5.56 Å². The molecule has 0 aliphatic heterocycles. The van der Waals surface area contributed by atoms with Gasteiger partial charge in [0.1, 0.15) is 0 Å². The Kier molecular flexibility index (Phi) is 10.4. The first-order valence-electron chi connectivity index (χ1n) is 9.11. The van der Waals surface area contributed by atoms with Crippen molar-refractivity contribution in [2.75, 3.05) is 0 Å². The van der Waals surface area contributed by atoms with E-state index in [-0.39, 0.29) is 0 Å². The molecule has 0 saturated carbocycles. The molecule has 0 unspecified atom stereocenters. The fourth-order valence-electron chi connectivity index (χ4n) is 2.62. The second-order valence-electron chi connectivity index (χ2n) is 6.59. The summed E-state index contributed by atoms with van der Waals surface area (Å²) >= 11 is 0. The molecule has 3 atom stereocenters. The molecule has 0 amide bonds. The Morgan fingerprint density at radius 2 is 1.38 bits per heavy atom. The first kappa shape index (κ1) is 24.6. The van der Waals surface area contributed by atoms with Gasteiger partial charge in [-0.1, -0.05) is 60.7 Å². The minimum Gasteiger partial charge on any atom is -0.475 e. The minimum atomic E-state index is -5.08. The van der Waals surface area contributed by atoms with Crippen molar-refractivity contribution in [3.8, 4) is 0 Å². The molecule has 0 aliphatic rings.